The number of hydrogen-bond acceptors (Lipinski definition) is 3. The Morgan fingerprint density at radius 2 is 2.15 bits per heavy atom. The van der Waals surface area contributed by atoms with Gasteiger partial charge in [-0.3, -0.25) is 0 Å². The first-order valence-corrected chi connectivity index (χ1v) is 8.13. The molecule has 1 aromatic rings. The fraction of sp³-hybridized carbons (Fsp3) is 0.467. The number of aliphatic hydroxyl groups excluding tert-OH is 1. The van der Waals surface area contributed by atoms with Crippen molar-refractivity contribution in [3.63, 3.8) is 0 Å². The van der Waals surface area contributed by atoms with Crippen LogP contribution in [0.3, 0.4) is 0 Å². The highest BCUT2D eigenvalue weighted by Gasteiger charge is 2.09. The average molecular weight is 407 g/mol. The quantitative estimate of drug-likeness (QED) is 0.692. The molecule has 0 aliphatic carbocycles. The van der Waals surface area contributed by atoms with Gasteiger partial charge in [0.05, 0.1) is 0 Å². The molecule has 0 aliphatic rings. The summed E-state index contributed by atoms with van der Waals surface area (Å²) in [4.78, 5) is 0. The maximum absolute atomic E-state index is 9.86. The maximum atomic E-state index is 9.86. The van der Waals surface area contributed by atoms with Gasteiger partial charge in [0.1, 0.15) is 18.5 Å². The molecular formula is C15H21Br2NO2. The molecule has 20 heavy (non-hydrogen) atoms. The lowest BCUT2D eigenvalue weighted by Gasteiger charge is -2.17. The standard InChI is InChI=1S/C15H21Br2NO2/c1-10(2)18-8-14(19)9-20-15-5-4-13(17)7-12(15)6-11(3)16/h4-5,7,10,14,18-19H,3,6,8-9H2,1-2H3. The van der Waals surface area contributed by atoms with Crippen LogP contribution < -0.4 is 10.1 Å². The molecule has 1 aromatic carbocycles. The second kappa shape index (κ2) is 8.82. The van der Waals surface area contributed by atoms with Gasteiger partial charge in [0.2, 0.25) is 0 Å². The van der Waals surface area contributed by atoms with Crippen LogP contribution in [-0.4, -0.2) is 30.4 Å². The zero-order valence-corrected chi connectivity index (χ0v) is 15.0. The topological polar surface area (TPSA) is 41.5 Å². The van der Waals surface area contributed by atoms with Crippen molar-refractivity contribution < 1.29 is 9.84 Å². The molecule has 112 valence electrons. The van der Waals surface area contributed by atoms with Gasteiger partial charge >= 0.3 is 0 Å². The molecule has 0 aliphatic heterocycles. The van der Waals surface area contributed by atoms with E-state index in [4.69, 9.17) is 4.74 Å². The van der Waals surface area contributed by atoms with Crippen molar-refractivity contribution in [2.24, 2.45) is 0 Å². The average Bonchev–Trinajstić information content (AvgIpc) is 2.34. The third-order valence-electron chi connectivity index (χ3n) is 2.60. The highest BCUT2D eigenvalue weighted by atomic mass is 79.9. The Bertz CT molecular complexity index is 449. The van der Waals surface area contributed by atoms with Gasteiger partial charge in [-0.2, -0.15) is 0 Å². The molecule has 5 heteroatoms. The summed E-state index contributed by atoms with van der Waals surface area (Å²) in [7, 11) is 0. The Hall–Kier alpha value is -0.360. The van der Waals surface area contributed by atoms with Crippen LogP contribution in [0.5, 0.6) is 5.75 Å². The second-order valence-corrected chi connectivity index (χ2v) is 7.01. The van der Waals surface area contributed by atoms with E-state index in [0.717, 1.165) is 20.3 Å². The molecule has 0 fully saturated rings. The zero-order valence-electron chi connectivity index (χ0n) is 11.8. The number of hydrogen-bond donors (Lipinski definition) is 2. The summed E-state index contributed by atoms with van der Waals surface area (Å²) >= 11 is 6.81. The SMILES string of the molecule is C=C(Br)Cc1cc(Br)ccc1OCC(O)CNC(C)C. The molecular weight excluding hydrogens is 386 g/mol. The molecule has 0 saturated carbocycles. The Morgan fingerprint density at radius 3 is 2.75 bits per heavy atom. The van der Waals surface area contributed by atoms with Crippen LogP contribution in [0.4, 0.5) is 0 Å². The van der Waals surface area contributed by atoms with Crippen LogP contribution in [0.1, 0.15) is 19.4 Å². The van der Waals surface area contributed by atoms with Gasteiger partial charge in [-0.25, -0.2) is 0 Å². The van der Waals surface area contributed by atoms with Crippen LogP contribution in [-0.2, 0) is 6.42 Å². The molecule has 1 rings (SSSR count). The first kappa shape index (κ1) is 17.7. The molecule has 0 spiro atoms. The van der Waals surface area contributed by atoms with E-state index in [2.05, 4.69) is 43.8 Å². The minimum atomic E-state index is -0.527. The van der Waals surface area contributed by atoms with E-state index in [-0.39, 0.29) is 6.61 Å². The minimum absolute atomic E-state index is 0.267. The van der Waals surface area contributed by atoms with Crippen molar-refractivity contribution in [2.75, 3.05) is 13.2 Å². The lowest BCUT2D eigenvalue weighted by atomic mass is 10.1. The molecule has 0 radical (unpaired) electrons. The number of nitrogens with one attached hydrogen (secondary N) is 1. The summed E-state index contributed by atoms with van der Waals surface area (Å²) in [6.07, 6.45) is 0.163. The largest absolute Gasteiger partial charge is 0.491 e. The molecule has 0 amide bonds. The summed E-state index contributed by atoms with van der Waals surface area (Å²) in [5, 5.41) is 13.0. The second-order valence-electron chi connectivity index (χ2n) is 4.97. The Kier molecular flexibility index (Phi) is 7.80. The predicted molar refractivity (Wildman–Crippen MR) is 90.6 cm³/mol. The normalized spacial score (nSPS) is 12.5. The van der Waals surface area contributed by atoms with Crippen molar-refractivity contribution in [1.29, 1.82) is 0 Å². The number of ether oxygens (including phenoxy) is 1. The van der Waals surface area contributed by atoms with E-state index in [1.54, 1.807) is 0 Å². The van der Waals surface area contributed by atoms with E-state index in [0.29, 0.717) is 19.0 Å². The predicted octanol–water partition coefficient (Wildman–Crippen LogP) is 3.64. The van der Waals surface area contributed by atoms with Crippen molar-refractivity contribution in [2.45, 2.75) is 32.4 Å². The van der Waals surface area contributed by atoms with E-state index in [1.807, 2.05) is 32.0 Å². The highest BCUT2D eigenvalue weighted by Crippen LogP contribution is 2.26. The van der Waals surface area contributed by atoms with Gasteiger partial charge < -0.3 is 15.2 Å². The minimum Gasteiger partial charge on any atom is -0.491 e. The third-order valence-corrected chi connectivity index (χ3v) is 3.37. The number of rotatable bonds is 8. The van der Waals surface area contributed by atoms with Crippen molar-refractivity contribution in [3.8, 4) is 5.75 Å². The molecule has 0 heterocycles. The van der Waals surface area contributed by atoms with E-state index in [9.17, 15) is 5.11 Å². The summed E-state index contributed by atoms with van der Waals surface area (Å²) < 4.78 is 7.60. The van der Waals surface area contributed by atoms with Crippen LogP contribution >= 0.6 is 31.9 Å². The molecule has 3 nitrogen and oxygen atoms in total. The van der Waals surface area contributed by atoms with Crippen LogP contribution in [0, 0.1) is 0 Å². The number of benzene rings is 1. The van der Waals surface area contributed by atoms with E-state index < -0.39 is 6.10 Å². The molecule has 1 unspecified atom stereocenters. The summed E-state index contributed by atoms with van der Waals surface area (Å²) in [6, 6.07) is 6.18. The third kappa shape index (κ3) is 6.88. The molecule has 0 saturated heterocycles. The number of aliphatic hydroxyl groups is 1. The van der Waals surface area contributed by atoms with E-state index >= 15 is 0 Å². The summed E-state index contributed by atoms with van der Waals surface area (Å²) in [5.41, 5.74) is 1.03. The summed E-state index contributed by atoms with van der Waals surface area (Å²) in [5.74, 6) is 0.775. The monoisotopic (exact) mass is 405 g/mol. The molecule has 0 bridgehead atoms. The van der Waals surface area contributed by atoms with Gasteiger partial charge in [-0.1, -0.05) is 52.3 Å². The van der Waals surface area contributed by atoms with Gasteiger partial charge in [-0.05, 0) is 22.7 Å². The van der Waals surface area contributed by atoms with Gasteiger partial charge in [0.25, 0.3) is 0 Å². The highest BCUT2D eigenvalue weighted by molar-refractivity contribution is 9.11. The van der Waals surface area contributed by atoms with Crippen molar-refractivity contribution >= 4 is 31.9 Å². The van der Waals surface area contributed by atoms with E-state index in [1.165, 1.54) is 0 Å². The first-order chi connectivity index (χ1) is 9.38. The van der Waals surface area contributed by atoms with Crippen molar-refractivity contribution in [1.82, 2.24) is 5.32 Å². The Morgan fingerprint density at radius 1 is 1.45 bits per heavy atom. The molecule has 1 atom stereocenters. The van der Waals surface area contributed by atoms with Gasteiger partial charge in [0.15, 0.2) is 0 Å². The van der Waals surface area contributed by atoms with Gasteiger partial charge in [-0.15, -0.1) is 0 Å². The zero-order chi connectivity index (χ0) is 15.1. The fourth-order valence-electron chi connectivity index (χ4n) is 1.65. The van der Waals surface area contributed by atoms with Gasteiger partial charge in [0, 0.05) is 29.0 Å². The van der Waals surface area contributed by atoms with Crippen LogP contribution in [0.2, 0.25) is 0 Å². The molecule has 0 aromatic heterocycles. The number of halogens is 2. The maximum Gasteiger partial charge on any atom is 0.123 e. The lowest BCUT2D eigenvalue weighted by molar-refractivity contribution is 0.104. The fourth-order valence-corrected chi connectivity index (χ4v) is 2.36. The first-order valence-electron chi connectivity index (χ1n) is 6.54. The van der Waals surface area contributed by atoms with Crippen LogP contribution in [0.15, 0.2) is 33.7 Å². The van der Waals surface area contributed by atoms with Crippen LogP contribution in [0.25, 0.3) is 0 Å². The Labute approximate surface area is 137 Å². The summed E-state index contributed by atoms with van der Waals surface area (Å²) in [6.45, 7) is 8.73. The smallest absolute Gasteiger partial charge is 0.123 e. The van der Waals surface area contributed by atoms with Crippen molar-refractivity contribution in [3.05, 3.63) is 39.3 Å². The molecule has 2 N–H and O–H groups in total. The lowest BCUT2D eigenvalue weighted by Crippen LogP contribution is -2.35. The number of allylic oxidation sites excluding steroid dienone is 1. The Balaban J connectivity index is 2.60.